The molecule has 17 heavy (non-hydrogen) atoms. The molecule has 0 bridgehead atoms. The number of carbonyl (C=O) groups excluding carboxylic acids is 1. The van der Waals surface area contributed by atoms with Gasteiger partial charge >= 0.3 is 0 Å². The highest BCUT2D eigenvalue weighted by Gasteiger charge is 2.26. The van der Waals surface area contributed by atoms with Crippen molar-refractivity contribution in [2.45, 2.75) is 51.1 Å². The molecule has 2 saturated heterocycles. The van der Waals surface area contributed by atoms with Crippen molar-refractivity contribution in [1.29, 1.82) is 0 Å². The first-order chi connectivity index (χ1) is 8.18. The zero-order chi connectivity index (χ0) is 12.3. The van der Waals surface area contributed by atoms with E-state index in [9.17, 15) is 4.79 Å². The Morgan fingerprint density at radius 1 is 1.12 bits per heavy atom. The van der Waals surface area contributed by atoms with Crippen LogP contribution in [0.15, 0.2) is 0 Å². The van der Waals surface area contributed by atoms with Crippen LogP contribution in [0.4, 0.5) is 0 Å². The van der Waals surface area contributed by atoms with Crippen molar-refractivity contribution in [3.05, 3.63) is 0 Å². The summed E-state index contributed by atoms with van der Waals surface area (Å²) in [6.45, 7) is 6.08. The van der Waals surface area contributed by atoms with Crippen molar-refractivity contribution in [2.24, 2.45) is 5.73 Å². The van der Waals surface area contributed by atoms with Crippen LogP contribution in [0.1, 0.15) is 39.0 Å². The van der Waals surface area contributed by atoms with Gasteiger partial charge in [-0.15, -0.1) is 0 Å². The van der Waals surface area contributed by atoms with Crippen LogP contribution in [-0.2, 0) is 4.79 Å². The fraction of sp³-hybridized carbons (Fsp3) is 0.923. The lowest BCUT2D eigenvalue weighted by Gasteiger charge is -2.26. The summed E-state index contributed by atoms with van der Waals surface area (Å²) in [7, 11) is 0. The van der Waals surface area contributed by atoms with Gasteiger partial charge in [0.15, 0.2) is 0 Å². The Morgan fingerprint density at radius 3 is 2.47 bits per heavy atom. The molecule has 2 rings (SSSR count). The summed E-state index contributed by atoms with van der Waals surface area (Å²) in [5, 5.41) is 0. The van der Waals surface area contributed by atoms with Gasteiger partial charge in [-0.05, 0) is 52.1 Å². The fourth-order valence-corrected chi connectivity index (χ4v) is 3.06. The van der Waals surface area contributed by atoms with Gasteiger partial charge in [0, 0.05) is 19.1 Å². The first-order valence-corrected chi connectivity index (χ1v) is 6.97. The minimum atomic E-state index is -0.349. The molecule has 4 nitrogen and oxygen atoms in total. The summed E-state index contributed by atoms with van der Waals surface area (Å²) in [6.07, 6.45) is 6.18. The second-order valence-electron chi connectivity index (χ2n) is 5.44. The summed E-state index contributed by atoms with van der Waals surface area (Å²) in [5.74, 6) is 0.118. The van der Waals surface area contributed by atoms with E-state index in [1.54, 1.807) is 6.92 Å². The van der Waals surface area contributed by atoms with Gasteiger partial charge in [-0.25, -0.2) is 0 Å². The Labute approximate surface area is 104 Å². The molecular weight excluding hydrogens is 214 g/mol. The molecule has 98 valence electrons. The SMILES string of the molecule is CC(N)C(=O)N1CCCC(N2CCCC2)CC1. The van der Waals surface area contributed by atoms with Crippen molar-refractivity contribution in [1.82, 2.24) is 9.80 Å². The normalized spacial score (nSPS) is 29.1. The number of nitrogens with zero attached hydrogens (tertiary/aromatic N) is 2. The number of nitrogens with two attached hydrogens (primary N) is 1. The van der Waals surface area contributed by atoms with Crippen LogP contribution in [0.25, 0.3) is 0 Å². The van der Waals surface area contributed by atoms with E-state index in [0.29, 0.717) is 6.04 Å². The molecule has 2 aliphatic rings. The zero-order valence-corrected chi connectivity index (χ0v) is 10.9. The van der Waals surface area contributed by atoms with Gasteiger partial charge in [-0.1, -0.05) is 0 Å². The van der Waals surface area contributed by atoms with E-state index >= 15 is 0 Å². The van der Waals surface area contributed by atoms with Gasteiger partial charge in [0.1, 0.15) is 0 Å². The van der Waals surface area contributed by atoms with Crippen LogP contribution < -0.4 is 5.73 Å². The number of amides is 1. The third-order valence-corrected chi connectivity index (χ3v) is 4.06. The minimum absolute atomic E-state index is 0.118. The van der Waals surface area contributed by atoms with Crippen LogP contribution in [-0.4, -0.2) is 54.0 Å². The van der Waals surface area contributed by atoms with Crippen molar-refractivity contribution in [3.8, 4) is 0 Å². The quantitative estimate of drug-likeness (QED) is 0.776. The van der Waals surface area contributed by atoms with E-state index in [2.05, 4.69) is 4.90 Å². The third kappa shape index (κ3) is 3.19. The predicted molar refractivity (Wildman–Crippen MR) is 68.7 cm³/mol. The molecule has 0 spiro atoms. The highest BCUT2D eigenvalue weighted by molar-refractivity contribution is 5.81. The lowest BCUT2D eigenvalue weighted by molar-refractivity contribution is -0.132. The number of likely N-dealkylation sites (tertiary alicyclic amines) is 2. The summed E-state index contributed by atoms with van der Waals surface area (Å²) in [4.78, 5) is 16.4. The molecule has 2 atom stereocenters. The van der Waals surface area contributed by atoms with E-state index in [1.165, 1.54) is 32.4 Å². The Kier molecular flexibility index (Phi) is 4.40. The molecule has 0 radical (unpaired) electrons. The number of hydrogen-bond donors (Lipinski definition) is 1. The Hall–Kier alpha value is -0.610. The molecule has 2 heterocycles. The minimum Gasteiger partial charge on any atom is -0.341 e. The monoisotopic (exact) mass is 239 g/mol. The van der Waals surface area contributed by atoms with Crippen LogP contribution >= 0.6 is 0 Å². The highest BCUT2D eigenvalue weighted by Crippen LogP contribution is 2.21. The smallest absolute Gasteiger partial charge is 0.239 e. The highest BCUT2D eigenvalue weighted by atomic mass is 16.2. The zero-order valence-electron chi connectivity index (χ0n) is 10.9. The predicted octanol–water partition coefficient (Wildman–Crippen LogP) is 0.811. The van der Waals surface area contributed by atoms with Crippen molar-refractivity contribution >= 4 is 5.91 Å². The molecule has 0 saturated carbocycles. The van der Waals surface area contributed by atoms with E-state index in [4.69, 9.17) is 5.73 Å². The maximum absolute atomic E-state index is 11.9. The average Bonchev–Trinajstić information content (AvgIpc) is 2.73. The molecule has 0 aromatic rings. The first-order valence-electron chi connectivity index (χ1n) is 6.97. The first kappa shape index (κ1) is 12.8. The number of carbonyl (C=O) groups is 1. The van der Waals surface area contributed by atoms with Crippen molar-refractivity contribution < 1.29 is 4.79 Å². The lowest BCUT2D eigenvalue weighted by Crippen LogP contribution is -2.43. The average molecular weight is 239 g/mol. The van der Waals surface area contributed by atoms with E-state index in [-0.39, 0.29) is 11.9 Å². The standard InChI is InChI=1S/C13H25N3O/c1-11(14)13(17)16-9-4-5-12(6-10-16)15-7-2-3-8-15/h11-12H,2-10,14H2,1H3. The van der Waals surface area contributed by atoms with Gasteiger partial charge < -0.3 is 15.5 Å². The molecule has 4 heteroatoms. The second-order valence-corrected chi connectivity index (χ2v) is 5.44. The topological polar surface area (TPSA) is 49.6 Å². The van der Waals surface area contributed by atoms with Crippen molar-refractivity contribution in [2.75, 3.05) is 26.2 Å². The molecule has 2 aliphatic heterocycles. The second kappa shape index (κ2) is 5.83. The lowest BCUT2D eigenvalue weighted by atomic mass is 10.1. The van der Waals surface area contributed by atoms with Crippen LogP contribution in [0.2, 0.25) is 0 Å². The summed E-state index contributed by atoms with van der Waals surface area (Å²) in [6, 6.07) is 0.349. The Bertz CT molecular complexity index is 261. The third-order valence-electron chi connectivity index (χ3n) is 4.06. The molecular formula is C13H25N3O. The molecule has 0 aliphatic carbocycles. The maximum Gasteiger partial charge on any atom is 0.239 e. The molecule has 0 aromatic heterocycles. The molecule has 2 fully saturated rings. The van der Waals surface area contributed by atoms with E-state index in [0.717, 1.165) is 25.9 Å². The van der Waals surface area contributed by atoms with E-state index in [1.807, 2.05) is 4.90 Å². The van der Waals surface area contributed by atoms with Gasteiger partial charge in [-0.2, -0.15) is 0 Å². The molecule has 1 amide bonds. The largest absolute Gasteiger partial charge is 0.341 e. The number of rotatable bonds is 2. The van der Waals surface area contributed by atoms with Gasteiger partial charge in [0.25, 0.3) is 0 Å². The maximum atomic E-state index is 11.9. The Morgan fingerprint density at radius 2 is 1.82 bits per heavy atom. The van der Waals surface area contributed by atoms with Gasteiger partial charge in [0.05, 0.1) is 6.04 Å². The molecule has 0 aromatic carbocycles. The summed E-state index contributed by atoms with van der Waals surface area (Å²) >= 11 is 0. The van der Waals surface area contributed by atoms with Crippen molar-refractivity contribution in [3.63, 3.8) is 0 Å². The Balaban J connectivity index is 1.86. The van der Waals surface area contributed by atoms with Crippen LogP contribution in [0, 0.1) is 0 Å². The molecule has 2 N–H and O–H groups in total. The van der Waals surface area contributed by atoms with Crippen LogP contribution in [0.5, 0.6) is 0 Å². The summed E-state index contributed by atoms with van der Waals surface area (Å²) in [5.41, 5.74) is 5.67. The van der Waals surface area contributed by atoms with Gasteiger partial charge in [0.2, 0.25) is 5.91 Å². The van der Waals surface area contributed by atoms with Gasteiger partial charge in [-0.3, -0.25) is 4.79 Å². The number of hydrogen-bond acceptors (Lipinski definition) is 3. The van der Waals surface area contributed by atoms with E-state index < -0.39 is 0 Å². The molecule has 2 unspecified atom stereocenters. The fourth-order valence-electron chi connectivity index (χ4n) is 3.06. The summed E-state index contributed by atoms with van der Waals surface area (Å²) < 4.78 is 0. The van der Waals surface area contributed by atoms with Crippen LogP contribution in [0.3, 0.4) is 0 Å².